The molecule has 20 heavy (non-hydrogen) atoms. The first-order valence-corrected chi connectivity index (χ1v) is 6.64. The quantitative estimate of drug-likeness (QED) is 0.552. The molecule has 0 spiro atoms. The summed E-state index contributed by atoms with van der Waals surface area (Å²) in [6, 6.07) is 7.58. The molecule has 0 unspecified atom stereocenters. The second kappa shape index (κ2) is 8.16. The molecular weight excluding hydrogens is 256 g/mol. The summed E-state index contributed by atoms with van der Waals surface area (Å²) >= 11 is 0. The summed E-state index contributed by atoms with van der Waals surface area (Å²) in [5.74, 6) is -0.995. The van der Waals surface area contributed by atoms with Gasteiger partial charge in [-0.05, 0) is 24.6 Å². The molecule has 0 atom stereocenters. The number of hydrogen-bond donors (Lipinski definition) is 3. The molecule has 0 saturated heterocycles. The van der Waals surface area contributed by atoms with E-state index < -0.39 is 11.8 Å². The predicted molar refractivity (Wildman–Crippen MR) is 79.0 cm³/mol. The molecule has 1 aromatic rings. The van der Waals surface area contributed by atoms with E-state index in [2.05, 4.69) is 12.2 Å². The summed E-state index contributed by atoms with van der Waals surface area (Å²) in [5, 5.41) is 3.29. The van der Waals surface area contributed by atoms with Gasteiger partial charge in [0, 0.05) is 12.2 Å². The number of amides is 2. The van der Waals surface area contributed by atoms with Gasteiger partial charge in [-0.2, -0.15) is 0 Å². The van der Waals surface area contributed by atoms with E-state index in [0.29, 0.717) is 6.54 Å². The van der Waals surface area contributed by atoms with Gasteiger partial charge in [-0.25, -0.2) is 0 Å². The number of rotatable bonds is 9. The Kier molecular flexibility index (Phi) is 6.52. The van der Waals surface area contributed by atoms with Crippen molar-refractivity contribution in [2.24, 2.45) is 11.5 Å². The van der Waals surface area contributed by atoms with Gasteiger partial charge < -0.3 is 21.7 Å². The lowest BCUT2D eigenvalue weighted by atomic mass is 10.1. The van der Waals surface area contributed by atoms with Crippen molar-refractivity contribution in [2.45, 2.75) is 19.9 Å². The van der Waals surface area contributed by atoms with Crippen LogP contribution in [0, 0.1) is 0 Å². The minimum atomic E-state index is -0.498. The smallest absolute Gasteiger partial charge is 0.236 e. The predicted octanol–water partition coefficient (Wildman–Crippen LogP) is -0.0368. The summed E-state index contributed by atoms with van der Waals surface area (Å²) in [7, 11) is 0. The fourth-order valence-corrected chi connectivity index (χ4v) is 1.97. The Hall–Kier alpha value is -2.08. The molecule has 1 rings (SSSR count). The number of hydrogen-bond acceptors (Lipinski definition) is 4. The molecule has 0 aliphatic carbocycles. The number of para-hydroxylation sites is 1. The number of nitrogens with one attached hydrogen (secondary N) is 1. The molecule has 1 aromatic carbocycles. The Labute approximate surface area is 119 Å². The standard InChI is InChI=1S/C14H22N4O2/c1-2-7-17-8-11-5-3-4-6-12(11)18(9-13(15)19)10-14(16)20/h3-6,17H,2,7-10H2,1H3,(H2,15,19)(H2,16,20). The maximum atomic E-state index is 11.1. The fraction of sp³-hybridized carbons (Fsp3) is 0.429. The summed E-state index contributed by atoms with van der Waals surface area (Å²) in [6.45, 7) is 3.59. The molecule has 110 valence electrons. The number of benzene rings is 1. The van der Waals surface area contributed by atoms with E-state index in [0.717, 1.165) is 24.2 Å². The highest BCUT2D eigenvalue weighted by Crippen LogP contribution is 2.19. The number of anilines is 1. The SMILES string of the molecule is CCCNCc1ccccc1N(CC(N)=O)CC(N)=O. The Bertz CT molecular complexity index is 446. The maximum Gasteiger partial charge on any atom is 0.236 e. The minimum absolute atomic E-state index is 0.0340. The molecule has 0 bridgehead atoms. The van der Waals surface area contributed by atoms with Gasteiger partial charge in [0.05, 0.1) is 13.1 Å². The lowest BCUT2D eigenvalue weighted by molar-refractivity contribution is -0.117. The van der Waals surface area contributed by atoms with Gasteiger partial charge in [0.25, 0.3) is 0 Å². The Morgan fingerprint density at radius 2 is 1.75 bits per heavy atom. The van der Waals surface area contributed by atoms with Crippen molar-refractivity contribution in [3.63, 3.8) is 0 Å². The molecule has 6 nitrogen and oxygen atoms in total. The zero-order chi connectivity index (χ0) is 15.0. The number of carbonyl (C=O) groups is 2. The van der Waals surface area contributed by atoms with Crippen LogP contribution < -0.4 is 21.7 Å². The third kappa shape index (κ3) is 5.27. The summed E-state index contributed by atoms with van der Waals surface area (Å²) in [6.07, 6.45) is 1.04. The molecule has 5 N–H and O–H groups in total. The zero-order valence-corrected chi connectivity index (χ0v) is 11.8. The van der Waals surface area contributed by atoms with E-state index in [1.165, 1.54) is 0 Å². The van der Waals surface area contributed by atoms with Gasteiger partial charge >= 0.3 is 0 Å². The summed E-state index contributed by atoms with van der Waals surface area (Å²) in [5.41, 5.74) is 12.3. The highest BCUT2D eigenvalue weighted by Gasteiger charge is 2.15. The molecule has 0 aliphatic rings. The highest BCUT2D eigenvalue weighted by atomic mass is 16.2. The van der Waals surface area contributed by atoms with Crippen molar-refractivity contribution in [3.05, 3.63) is 29.8 Å². The van der Waals surface area contributed by atoms with E-state index in [-0.39, 0.29) is 13.1 Å². The van der Waals surface area contributed by atoms with E-state index in [1.54, 1.807) is 4.90 Å². The van der Waals surface area contributed by atoms with Gasteiger partial charge in [0.1, 0.15) is 0 Å². The molecule has 0 heterocycles. The number of nitrogens with zero attached hydrogens (tertiary/aromatic N) is 1. The Morgan fingerprint density at radius 3 is 2.30 bits per heavy atom. The van der Waals surface area contributed by atoms with Crippen LogP contribution in [0.3, 0.4) is 0 Å². The second-order valence-corrected chi connectivity index (χ2v) is 4.59. The van der Waals surface area contributed by atoms with Crippen LogP contribution in [0.15, 0.2) is 24.3 Å². The lowest BCUT2D eigenvalue weighted by Crippen LogP contribution is -2.40. The van der Waals surface area contributed by atoms with Gasteiger partial charge in [-0.3, -0.25) is 9.59 Å². The topological polar surface area (TPSA) is 101 Å². The largest absolute Gasteiger partial charge is 0.368 e. The average molecular weight is 278 g/mol. The number of carbonyl (C=O) groups excluding carboxylic acids is 2. The fourth-order valence-electron chi connectivity index (χ4n) is 1.97. The first-order chi connectivity index (χ1) is 9.54. The number of nitrogens with two attached hydrogens (primary N) is 2. The summed E-state index contributed by atoms with van der Waals surface area (Å²) in [4.78, 5) is 23.9. The lowest BCUT2D eigenvalue weighted by Gasteiger charge is -2.24. The van der Waals surface area contributed by atoms with Crippen LogP contribution in [0.25, 0.3) is 0 Å². The van der Waals surface area contributed by atoms with Crippen LogP contribution in [0.5, 0.6) is 0 Å². The number of primary amides is 2. The molecule has 0 radical (unpaired) electrons. The average Bonchev–Trinajstić information content (AvgIpc) is 2.38. The first-order valence-electron chi connectivity index (χ1n) is 6.64. The van der Waals surface area contributed by atoms with Gasteiger partial charge in [-0.1, -0.05) is 25.1 Å². The first kappa shape index (κ1) is 16.0. The Balaban J connectivity index is 2.92. The third-order valence-electron chi connectivity index (χ3n) is 2.77. The third-order valence-corrected chi connectivity index (χ3v) is 2.77. The monoisotopic (exact) mass is 278 g/mol. The van der Waals surface area contributed by atoms with E-state index >= 15 is 0 Å². The van der Waals surface area contributed by atoms with Gasteiger partial charge in [0.2, 0.25) is 11.8 Å². The van der Waals surface area contributed by atoms with Crippen LogP contribution in [-0.2, 0) is 16.1 Å². The van der Waals surface area contributed by atoms with Crippen LogP contribution in [0.4, 0.5) is 5.69 Å². The van der Waals surface area contributed by atoms with Crippen molar-refractivity contribution < 1.29 is 9.59 Å². The van der Waals surface area contributed by atoms with Gasteiger partial charge in [0.15, 0.2) is 0 Å². The van der Waals surface area contributed by atoms with E-state index in [1.807, 2.05) is 24.3 Å². The van der Waals surface area contributed by atoms with E-state index in [4.69, 9.17) is 11.5 Å². The maximum absolute atomic E-state index is 11.1. The van der Waals surface area contributed by atoms with E-state index in [9.17, 15) is 9.59 Å². The second-order valence-electron chi connectivity index (χ2n) is 4.59. The van der Waals surface area contributed by atoms with Crippen LogP contribution >= 0.6 is 0 Å². The molecule has 2 amide bonds. The summed E-state index contributed by atoms with van der Waals surface area (Å²) < 4.78 is 0. The van der Waals surface area contributed by atoms with Crippen molar-refractivity contribution in [1.82, 2.24) is 5.32 Å². The zero-order valence-electron chi connectivity index (χ0n) is 11.8. The van der Waals surface area contributed by atoms with Crippen LogP contribution in [0.1, 0.15) is 18.9 Å². The van der Waals surface area contributed by atoms with Crippen LogP contribution in [-0.4, -0.2) is 31.4 Å². The Morgan fingerprint density at radius 1 is 1.15 bits per heavy atom. The van der Waals surface area contributed by atoms with Crippen molar-refractivity contribution in [1.29, 1.82) is 0 Å². The molecule has 0 aromatic heterocycles. The van der Waals surface area contributed by atoms with Gasteiger partial charge in [-0.15, -0.1) is 0 Å². The normalized spacial score (nSPS) is 10.2. The molecule has 0 aliphatic heterocycles. The molecular formula is C14H22N4O2. The molecule has 0 fully saturated rings. The van der Waals surface area contributed by atoms with Crippen molar-refractivity contribution >= 4 is 17.5 Å². The van der Waals surface area contributed by atoms with Crippen molar-refractivity contribution in [2.75, 3.05) is 24.5 Å². The highest BCUT2D eigenvalue weighted by molar-refractivity contribution is 5.85. The minimum Gasteiger partial charge on any atom is -0.368 e. The van der Waals surface area contributed by atoms with Crippen molar-refractivity contribution in [3.8, 4) is 0 Å². The molecule has 6 heteroatoms. The molecule has 0 saturated carbocycles. The van der Waals surface area contributed by atoms with Crippen LogP contribution in [0.2, 0.25) is 0 Å².